The number of nitrogens with zero attached hydrogens (tertiary/aromatic N) is 5. The van der Waals surface area contributed by atoms with Gasteiger partial charge in [-0.1, -0.05) is 48.0 Å². The van der Waals surface area contributed by atoms with Gasteiger partial charge < -0.3 is 10.1 Å². The van der Waals surface area contributed by atoms with E-state index in [0.29, 0.717) is 40.1 Å². The Bertz CT molecular complexity index is 1760. The molecular weight excluding hydrogens is 530 g/mol. The van der Waals surface area contributed by atoms with Crippen molar-refractivity contribution in [3.05, 3.63) is 99.7 Å². The highest BCUT2D eigenvalue weighted by molar-refractivity contribution is 6.32. The number of nitrogens with one attached hydrogen (secondary N) is 2. The molecule has 5 aromatic rings. The number of amides is 1. The van der Waals surface area contributed by atoms with Crippen molar-refractivity contribution >= 4 is 46.1 Å². The molecule has 10 nitrogen and oxygen atoms in total. The summed E-state index contributed by atoms with van der Waals surface area (Å²) >= 11 is 6.21. The monoisotopic (exact) mass is 557 g/mol. The summed E-state index contributed by atoms with van der Waals surface area (Å²) in [5.74, 6) is 0.245. The number of carbonyl (C=O) groups is 1. The van der Waals surface area contributed by atoms with Crippen LogP contribution < -0.4 is 16.2 Å². The van der Waals surface area contributed by atoms with Crippen LogP contribution in [0.25, 0.3) is 16.7 Å². The van der Waals surface area contributed by atoms with Crippen molar-refractivity contribution in [2.75, 3.05) is 10.6 Å². The topological polar surface area (TPSA) is 116 Å². The molecule has 0 bridgehead atoms. The van der Waals surface area contributed by atoms with Gasteiger partial charge in [-0.05, 0) is 50.6 Å². The summed E-state index contributed by atoms with van der Waals surface area (Å²) in [6, 6.07) is 18.5. The number of ether oxygens (including phenoxy) is 1. The highest BCUT2D eigenvalue weighted by Crippen LogP contribution is 2.25. The average molecular weight is 558 g/mol. The second kappa shape index (κ2) is 10.8. The van der Waals surface area contributed by atoms with E-state index in [0.717, 1.165) is 5.56 Å². The summed E-state index contributed by atoms with van der Waals surface area (Å²) in [6.45, 7) is 5.37. The van der Waals surface area contributed by atoms with Gasteiger partial charge in [0.05, 0.1) is 11.4 Å². The molecule has 0 unspecified atom stereocenters. The van der Waals surface area contributed by atoms with Gasteiger partial charge in [-0.2, -0.15) is 10.1 Å². The number of hydrogen-bond donors (Lipinski definition) is 2. The Morgan fingerprint density at radius 1 is 1.07 bits per heavy atom. The van der Waals surface area contributed by atoms with E-state index in [2.05, 4.69) is 25.7 Å². The molecule has 2 N–H and O–H groups in total. The van der Waals surface area contributed by atoms with Crippen LogP contribution in [0.4, 0.5) is 22.1 Å². The molecule has 1 amide bonds. The lowest BCUT2D eigenvalue weighted by Gasteiger charge is -2.20. The first kappa shape index (κ1) is 26.9. The van der Waals surface area contributed by atoms with E-state index >= 15 is 0 Å². The van der Waals surface area contributed by atoms with Crippen molar-refractivity contribution in [1.29, 1.82) is 0 Å². The van der Waals surface area contributed by atoms with Gasteiger partial charge >= 0.3 is 6.09 Å². The van der Waals surface area contributed by atoms with Crippen molar-refractivity contribution < 1.29 is 9.53 Å². The van der Waals surface area contributed by atoms with Crippen LogP contribution in [-0.2, 0) is 18.2 Å². The number of carbonyl (C=O) groups excluding carboxylic acids is 1. The van der Waals surface area contributed by atoms with E-state index in [9.17, 15) is 9.59 Å². The molecule has 3 heterocycles. The Hall–Kier alpha value is -4.70. The molecule has 40 heavy (non-hydrogen) atoms. The van der Waals surface area contributed by atoms with E-state index < -0.39 is 11.7 Å². The molecule has 11 heteroatoms. The van der Waals surface area contributed by atoms with E-state index in [-0.39, 0.29) is 16.7 Å². The highest BCUT2D eigenvalue weighted by atomic mass is 35.5. The summed E-state index contributed by atoms with van der Waals surface area (Å²) in [6.07, 6.45) is 3.19. The summed E-state index contributed by atoms with van der Waals surface area (Å²) < 4.78 is 8.47. The lowest BCUT2D eigenvalue weighted by atomic mass is 10.1. The predicted molar refractivity (Wildman–Crippen MR) is 156 cm³/mol. The van der Waals surface area contributed by atoms with E-state index in [1.165, 1.54) is 4.57 Å². The SMILES string of the molecule is Cn1cc(Nc2ncc3cc(Cc4ccccc4)c(=O)n(-c4cccc(NC(=O)OC(C)(C)C)c4)c3n2)c(Cl)n1. The minimum absolute atomic E-state index is 0.241. The molecule has 0 radical (unpaired) electrons. The maximum absolute atomic E-state index is 14.0. The third-order valence-electron chi connectivity index (χ3n) is 5.83. The van der Waals surface area contributed by atoms with Crippen LogP contribution in [0.2, 0.25) is 5.15 Å². The minimum atomic E-state index is -0.655. The van der Waals surface area contributed by atoms with Gasteiger partial charge in [-0.25, -0.2) is 9.78 Å². The quantitative estimate of drug-likeness (QED) is 0.269. The molecule has 0 aliphatic heterocycles. The number of fused-ring (bicyclic) bond motifs is 1. The van der Waals surface area contributed by atoms with Crippen LogP contribution in [0.5, 0.6) is 0 Å². The number of rotatable bonds is 6. The molecule has 2 aromatic carbocycles. The van der Waals surface area contributed by atoms with Gasteiger partial charge in [0, 0.05) is 42.5 Å². The van der Waals surface area contributed by atoms with Crippen LogP contribution in [0, 0.1) is 0 Å². The molecular formula is C29H28ClN7O3. The number of aryl methyl sites for hydroxylation is 1. The summed E-state index contributed by atoms with van der Waals surface area (Å²) in [4.78, 5) is 35.5. The third-order valence-corrected chi connectivity index (χ3v) is 6.11. The Kier molecular flexibility index (Phi) is 7.27. The number of anilines is 3. The zero-order valence-electron chi connectivity index (χ0n) is 22.5. The fourth-order valence-electron chi connectivity index (χ4n) is 4.20. The molecule has 0 saturated heterocycles. The zero-order valence-corrected chi connectivity index (χ0v) is 23.2. The zero-order chi connectivity index (χ0) is 28.4. The van der Waals surface area contributed by atoms with Crippen molar-refractivity contribution in [2.45, 2.75) is 32.8 Å². The second-order valence-corrected chi connectivity index (χ2v) is 10.6. The predicted octanol–water partition coefficient (Wildman–Crippen LogP) is 5.85. The molecule has 0 saturated carbocycles. The van der Waals surface area contributed by atoms with Gasteiger partial charge in [0.25, 0.3) is 5.56 Å². The lowest BCUT2D eigenvalue weighted by Crippen LogP contribution is -2.27. The average Bonchev–Trinajstić information content (AvgIpc) is 3.20. The molecule has 0 spiro atoms. The standard InChI is InChI=1S/C29H28ClN7O3/c1-29(2,3)40-28(39)32-21-11-8-12-22(15-21)37-25-20(14-19(26(37)38)13-18-9-6-5-7-10-18)16-31-27(34-25)33-23-17-36(4)35-24(23)30/h5-12,14-17H,13H2,1-4H3,(H,32,39)(H,31,33,34). The largest absolute Gasteiger partial charge is 0.444 e. The van der Waals surface area contributed by atoms with Gasteiger partial charge in [-0.15, -0.1) is 0 Å². The second-order valence-electron chi connectivity index (χ2n) is 10.3. The number of benzene rings is 2. The van der Waals surface area contributed by atoms with E-state index in [1.54, 1.807) is 69.2 Å². The van der Waals surface area contributed by atoms with Crippen LogP contribution in [0.1, 0.15) is 31.9 Å². The number of aromatic nitrogens is 5. The summed E-state index contributed by atoms with van der Waals surface area (Å²) in [5.41, 5.74) is 2.57. The minimum Gasteiger partial charge on any atom is -0.444 e. The lowest BCUT2D eigenvalue weighted by molar-refractivity contribution is 0.0636. The Labute approximate surface area is 235 Å². The number of pyridine rings is 1. The summed E-state index contributed by atoms with van der Waals surface area (Å²) in [5, 5.41) is 10.9. The molecule has 0 aliphatic rings. The van der Waals surface area contributed by atoms with Crippen LogP contribution in [0.3, 0.4) is 0 Å². The molecule has 0 fully saturated rings. The van der Waals surface area contributed by atoms with Crippen LogP contribution in [0.15, 0.2) is 77.9 Å². The van der Waals surface area contributed by atoms with Crippen molar-refractivity contribution in [1.82, 2.24) is 24.3 Å². The van der Waals surface area contributed by atoms with Gasteiger partial charge in [0.1, 0.15) is 5.60 Å². The van der Waals surface area contributed by atoms with Crippen molar-refractivity contribution in [2.24, 2.45) is 7.05 Å². The normalized spacial score (nSPS) is 11.4. The fourth-order valence-corrected chi connectivity index (χ4v) is 4.42. The van der Waals surface area contributed by atoms with Crippen molar-refractivity contribution in [3.8, 4) is 5.69 Å². The van der Waals surface area contributed by atoms with Crippen LogP contribution in [-0.4, -0.2) is 36.0 Å². The van der Waals surface area contributed by atoms with E-state index in [4.69, 9.17) is 16.3 Å². The smallest absolute Gasteiger partial charge is 0.412 e. The number of halogens is 1. The highest BCUT2D eigenvalue weighted by Gasteiger charge is 2.18. The first-order chi connectivity index (χ1) is 19.1. The number of hydrogen-bond acceptors (Lipinski definition) is 7. The first-order valence-corrected chi connectivity index (χ1v) is 13.0. The van der Waals surface area contributed by atoms with Crippen LogP contribution >= 0.6 is 11.6 Å². The van der Waals surface area contributed by atoms with E-state index in [1.807, 2.05) is 36.4 Å². The molecule has 5 rings (SSSR count). The first-order valence-electron chi connectivity index (χ1n) is 12.6. The van der Waals surface area contributed by atoms with Crippen molar-refractivity contribution in [3.63, 3.8) is 0 Å². The molecule has 0 atom stereocenters. The Morgan fingerprint density at radius 3 is 2.55 bits per heavy atom. The maximum Gasteiger partial charge on any atom is 0.412 e. The van der Waals surface area contributed by atoms with Gasteiger partial charge in [-0.3, -0.25) is 19.4 Å². The summed E-state index contributed by atoms with van der Waals surface area (Å²) in [7, 11) is 1.75. The molecule has 3 aromatic heterocycles. The Morgan fingerprint density at radius 2 is 1.85 bits per heavy atom. The fraction of sp³-hybridized carbons (Fsp3) is 0.207. The maximum atomic E-state index is 14.0. The Balaban J connectivity index is 1.62. The van der Waals surface area contributed by atoms with Gasteiger partial charge in [0.15, 0.2) is 10.8 Å². The molecule has 204 valence electrons. The third kappa shape index (κ3) is 6.13. The molecule has 0 aliphatic carbocycles. The van der Waals surface area contributed by atoms with Gasteiger partial charge in [0.2, 0.25) is 5.95 Å².